The minimum absolute atomic E-state index is 0.252. The molecule has 0 radical (unpaired) electrons. The Morgan fingerprint density at radius 2 is 1.33 bits per heavy atom. The molecule has 0 spiro atoms. The second kappa shape index (κ2) is 1.78. The maximum Gasteiger partial charge on any atom is 0.0229 e. The average molecular weight is 102 g/mol. The molecule has 0 aliphatic carbocycles. The van der Waals surface area contributed by atoms with Crippen LogP contribution in [0, 0.1) is 0 Å². The zero-order valence-corrected chi connectivity index (χ0v) is 6.62. The van der Waals surface area contributed by atoms with E-state index in [4.69, 9.17) is 0 Å². The quantitative estimate of drug-likeness (QED) is 0.406. The normalized spacial score (nSPS) is 14.0. The van der Waals surface area contributed by atoms with Crippen LogP contribution in [-0.2, 0) is 0 Å². The molecule has 0 nitrogen and oxygen atoms in total. The van der Waals surface area contributed by atoms with E-state index in [9.17, 15) is 0 Å². The highest BCUT2D eigenvalue weighted by Gasteiger charge is 2.04. The first-order valence-corrected chi connectivity index (χ1v) is 4.68. The molecule has 0 amide bonds. The molecule has 38 valence electrons. The van der Waals surface area contributed by atoms with Gasteiger partial charge in [0.05, 0.1) is 0 Å². The Hall–Kier alpha value is 0.217. The summed E-state index contributed by atoms with van der Waals surface area (Å²) in [6.07, 6.45) is 0. The molecule has 0 aromatic rings. The van der Waals surface area contributed by atoms with Crippen molar-refractivity contribution in [3.8, 4) is 0 Å². The van der Waals surface area contributed by atoms with Crippen molar-refractivity contribution in [1.29, 1.82) is 0 Å². The summed E-state index contributed by atoms with van der Waals surface area (Å²) in [5, 5.41) is 0.681. The molecule has 0 fully saturated rings. The summed E-state index contributed by atoms with van der Waals surface area (Å²) in [5.74, 6) is 0. The molecule has 0 heterocycles. The summed E-state index contributed by atoms with van der Waals surface area (Å²) in [4.78, 5) is 0. The third-order valence-electron chi connectivity index (χ3n) is 1.06. The van der Waals surface area contributed by atoms with Gasteiger partial charge in [-0.05, 0) is 5.04 Å². The van der Waals surface area contributed by atoms with Crippen LogP contribution in [-0.4, -0.2) is 9.52 Å². The fraction of sp³-hybridized carbons (Fsp3) is 1.00. The predicted octanol–water partition coefficient (Wildman–Crippen LogP) is 1.42. The summed E-state index contributed by atoms with van der Waals surface area (Å²) in [6, 6.07) is 0. The molecule has 0 atom stereocenters. The molecule has 0 unspecified atom stereocenters. The first kappa shape index (κ1) is 6.22. The summed E-state index contributed by atoms with van der Waals surface area (Å²) >= 11 is 0. The molecule has 6 heavy (non-hydrogen) atoms. The van der Waals surface area contributed by atoms with E-state index >= 15 is 0 Å². The second-order valence-electron chi connectivity index (χ2n) is 2.91. The first-order valence-electron chi connectivity index (χ1n) is 2.56. The molecule has 0 N–H and O–H groups in total. The van der Waals surface area contributed by atoms with Crippen molar-refractivity contribution in [1.82, 2.24) is 0 Å². The van der Waals surface area contributed by atoms with Crippen LogP contribution in [0.25, 0.3) is 0 Å². The Morgan fingerprint density at radius 1 is 1.17 bits per heavy atom. The smallest absolute Gasteiger partial charge is 0.0229 e. The van der Waals surface area contributed by atoms with Gasteiger partial charge < -0.3 is 0 Å². The molecular formula is C5H14Si. The lowest BCUT2D eigenvalue weighted by Crippen LogP contribution is -2.01. The molecule has 0 bridgehead atoms. The van der Waals surface area contributed by atoms with Gasteiger partial charge in [0.2, 0.25) is 0 Å². The number of rotatable bonds is 0. The predicted molar refractivity (Wildman–Crippen MR) is 34.1 cm³/mol. The average Bonchev–Trinajstić information content (AvgIpc) is 1.35. The first-order chi connectivity index (χ1) is 2.56. The molecule has 1 heteroatoms. The fourth-order valence-corrected chi connectivity index (χ4v) is 0. The Bertz CT molecular complexity index is 33.7. The lowest BCUT2D eigenvalue weighted by atomic mass is 10.3. The van der Waals surface area contributed by atoms with Gasteiger partial charge in [0, 0.05) is 9.52 Å². The Kier molecular flexibility index (Phi) is 1.85. The Labute approximate surface area is 42.8 Å². The second-order valence-corrected chi connectivity index (χ2v) is 5.74. The van der Waals surface area contributed by atoms with Gasteiger partial charge in [-0.15, -0.1) is 0 Å². The van der Waals surface area contributed by atoms with E-state index < -0.39 is 0 Å². The van der Waals surface area contributed by atoms with E-state index in [0.29, 0.717) is 5.04 Å². The zero-order chi connectivity index (χ0) is 5.21. The van der Waals surface area contributed by atoms with Crippen LogP contribution in [0.3, 0.4) is 0 Å². The summed E-state index contributed by atoms with van der Waals surface area (Å²) in [7, 11) is 0.252. The molecule has 0 saturated heterocycles. The van der Waals surface area contributed by atoms with E-state index in [1.807, 2.05) is 0 Å². The van der Waals surface area contributed by atoms with Crippen LogP contribution < -0.4 is 0 Å². The Balaban J connectivity index is 3.17. The van der Waals surface area contributed by atoms with Gasteiger partial charge in [-0.2, -0.15) is 0 Å². The minimum Gasteiger partial charge on any atom is -0.0744 e. The van der Waals surface area contributed by atoms with Crippen LogP contribution in [0.15, 0.2) is 0 Å². The van der Waals surface area contributed by atoms with Crippen molar-refractivity contribution in [2.24, 2.45) is 0 Å². The van der Waals surface area contributed by atoms with Gasteiger partial charge >= 0.3 is 0 Å². The van der Waals surface area contributed by atoms with Crippen LogP contribution in [0.5, 0.6) is 0 Å². The lowest BCUT2D eigenvalue weighted by molar-refractivity contribution is 0.756. The maximum atomic E-state index is 2.35. The van der Waals surface area contributed by atoms with Crippen molar-refractivity contribution in [2.75, 3.05) is 0 Å². The zero-order valence-electron chi connectivity index (χ0n) is 5.21. The van der Waals surface area contributed by atoms with Crippen molar-refractivity contribution in [2.45, 2.75) is 32.4 Å². The molecule has 0 rings (SSSR count). The van der Waals surface area contributed by atoms with Crippen LogP contribution in [0.4, 0.5) is 0 Å². The largest absolute Gasteiger partial charge is 0.0744 e. The van der Waals surface area contributed by atoms with E-state index in [0.717, 1.165) is 0 Å². The van der Waals surface area contributed by atoms with E-state index in [1.54, 1.807) is 0 Å². The summed E-state index contributed by atoms with van der Waals surface area (Å²) in [6.45, 7) is 9.26. The molecule has 0 aliphatic heterocycles. The van der Waals surface area contributed by atoms with Crippen molar-refractivity contribution >= 4 is 9.52 Å². The monoisotopic (exact) mass is 102 g/mol. The molecular weight excluding hydrogens is 88.1 g/mol. The molecule has 0 aromatic carbocycles. The topological polar surface area (TPSA) is 0 Å². The fourth-order valence-electron chi connectivity index (χ4n) is 0. The van der Waals surface area contributed by atoms with Gasteiger partial charge in [0.25, 0.3) is 0 Å². The van der Waals surface area contributed by atoms with Crippen molar-refractivity contribution in [3.05, 3.63) is 0 Å². The molecule has 0 aromatic heterocycles. The highest BCUT2D eigenvalue weighted by molar-refractivity contribution is 6.37. The van der Waals surface area contributed by atoms with Crippen molar-refractivity contribution < 1.29 is 0 Å². The number of hydrogen-bond donors (Lipinski definition) is 0. The van der Waals surface area contributed by atoms with Crippen LogP contribution >= 0.6 is 0 Å². The van der Waals surface area contributed by atoms with Gasteiger partial charge in [-0.3, -0.25) is 0 Å². The summed E-state index contributed by atoms with van der Waals surface area (Å²) in [5.41, 5.74) is 0. The van der Waals surface area contributed by atoms with Crippen LogP contribution in [0.2, 0.25) is 11.6 Å². The lowest BCUT2D eigenvalue weighted by Gasteiger charge is -2.11. The molecule has 0 saturated carbocycles. The van der Waals surface area contributed by atoms with Crippen LogP contribution in [0.1, 0.15) is 20.8 Å². The van der Waals surface area contributed by atoms with E-state index in [2.05, 4.69) is 27.3 Å². The van der Waals surface area contributed by atoms with E-state index in [1.165, 1.54) is 0 Å². The third kappa shape index (κ3) is 4.22. The standard InChI is InChI=1S/C5H14Si/c1-5(2,3)6-4/h6H2,1-4H3. The summed E-state index contributed by atoms with van der Waals surface area (Å²) < 4.78 is 0. The van der Waals surface area contributed by atoms with Gasteiger partial charge in [-0.25, -0.2) is 0 Å². The van der Waals surface area contributed by atoms with Gasteiger partial charge in [0.1, 0.15) is 0 Å². The third-order valence-corrected chi connectivity index (χ3v) is 3.18. The van der Waals surface area contributed by atoms with Crippen molar-refractivity contribution in [3.63, 3.8) is 0 Å². The Morgan fingerprint density at radius 3 is 1.33 bits per heavy atom. The minimum atomic E-state index is 0.252. The van der Waals surface area contributed by atoms with E-state index in [-0.39, 0.29) is 9.52 Å². The maximum absolute atomic E-state index is 2.35. The number of hydrogen-bond acceptors (Lipinski definition) is 0. The SMILES string of the molecule is C[SiH2]C(C)(C)C. The highest BCUT2D eigenvalue weighted by Crippen LogP contribution is 2.18. The molecule has 0 aliphatic rings. The van der Waals surface area contributed by atoms with Gasteiger partial charge in [-0.1, -0.05) is 27.3 Å². The van der Waals surface area contributed by atoms with Gasteiger partial charge in [0.15, 0.2) is 0 Å². The highest BCUT2D eigenvalue weighted by atomic mass is 28.2.